The Hall–Kier alpha value is -1.07. The lowest BCUT2D eigenvalue weighted by atomic mass is 10.1. The fourth-order valence-corrected chi connectivity index (χ4v) is 2.14. The molecule has 2 amide bonds. The van der Waals surface area contributed by atoms with Gasteiger partial charge in [-0.25, -0.2) is 4.79 Å². The van der Waals surface area contributed by atoms with E-state index in [4.69, 9.17) is 5.11 Å². The number of urea groups is 1. The van der Waals surface area contributed by atoms with E-state index >= 15 is 0 Å². The van der Waals surface area contributed by atoms with Crippen LogP contribution in [0.3, 0.4) is 0 Å². The maximum Gasteiger partial charge on any atom is 0.321 e. The Balaban J connectivity index is 3.01. The average molecular weight is 329 g/mol. The highest BCUT2D eigenvalue weighted by Gasteiger charge is 2.15. The predicted molar refractivity (Wildman–Crippen MR) is 81.7 cm³/mol. The normalized spacial score (nSPS) is 10.4. The monoisotopic (exact) mass is 328 g/mol. The van der Waals surface area contributed by atoms with Crippen LogP contribution in [0.4, 0.5) is 10.5 Å². The largest absolute Gasteiger partial charge is 0.395 e. The number of rotatable bonds is 5. The third kappa shape index (κ3) is 4.21. The number of benzene rings is 1. The number of carbonyl (C=O) groups is 1. The summed E-state index contributed by atoms with van der Waals surface area (Å²) in [5.41, 5.74) is 3.09. The molecule has 106 valence electrons. The smallest absolute Gasteiger partial charge is 0.321 e. The summed E-state index contributed by atoms with van der Waals surface area (Å²) in [6, 6.07) is 3.81. The van der Waals surface area contributed by atoms with Crippen molar-refractivity contribution in [3.05, 3.63) is 27.7 Å². The van der Waals surface area contributed by atoms with Crippen LogP contribution in [0.1, 0.15) is 24.5 Å². The van der Waals surface area contributed by atoms with Gasteiger partial charge in [0.1, 0.15) is 0 Å². The molecule has 0 aromatic heterocycles. The molecule has 0 aliphatic heterocycles. The average Bonchev–Trinajstić information content (AvgIpc) is 2.38. The van der Waals surface area contributed by atoms with E-state index in [1.54, 1.807) is 4.90 Å². The number of anilines is 1. The zero-order valence-corrected chi connectivity index (χ0v) is 13.2. The summed E-state index contributed by atoms with van der Waals surface area (Å²) in [5, 5.41) is 11.5. The van der Waals surface area contributed by atoms with Crippen LogP contribution in [0.15, 0.2) is 16.6 Å². The van der Waals surface area contributed by atoms with Crippen LogP contribution < -0.4 is 10.2 Å². The van der Waals surface area contributed by atoms with Crippen LogP contribution in [-0.2, 0) is 0 Å². The highest BCUT2D eigenvalue weighted by molar-refractivity contribution is 9.10. The lowest BCUT2D eigenvalue weighted by molar-refractivity contribution is 0.239. The number of carbonyl (C=O) groups excluding carboxylic acids is 1. The molecule has 19 heavy (non-hydrogen) atoms. The lowest BCUT2D eigenvalue weighted by Crippen LogP contribution is -2.41. The number of amides is 2. The van der Waals surface area contributed by atoms with E-state index in [1.807, 2.05) is 32.9 Å². The Labute approximate surface area is 122 Å². The minimum atomic E-state index is -0.169. The van der Waals surface area contributed by atoms with E-state index in [0.717, 1.165) is 27.7 Å². The van der Waals surface area contributed by atoms with Gasteiger partial charge in [0.25, 0.3) is 0 Å². The molecule has 0 heterocycles. The summed E-state index contributed by atoms with van der Waals surface area (Å²) in [6.07, 6.45) is 0.876. The molecular formula is C14H21BrN2O2. The van der Waals surface area contributed by atoms with Gasteiger partial charge in [0.05, 0.1) is 6.61 Å². The van der Waals surface area contributed by atoms with Gasteiger partial charge in [0, 0.05) is 23.2 Å². The number of nitrogens with one attached hydrogen (secondary N) is 1. The molecule has 1 aromatic carbocycles. The van der Waals surface area contributed by atoms with E-state index in [1.165, 1.54) is 0 Å². The molecule has 1 aromatic rings. The molecule has 0 saturated carbocycles. The zero-order valence-electron chi connectivity index (χ0n) is 11.7. The van der Waals surface area contributed by atoms with E-state index in [-0.39, 0.29) is 19.2 Å². The van der Waals surface area contributed by atoms with Crippen molar-refractivity contribution in [2.75, 3.05) is 24.6 Å². The van der Waals surface area contributed by atoms with Crippen LogP contribution in [-0.4, -0.2) is 30.8 Å². The third-order valence-electron chi connectivity index (χ3n) is 2.81. The Kier molecular flexibility index (Phi) is 6.31. The number of hydrogen-bond donors (Lipinski definition) is 2. The molecule has 1 rings (SSSR count). The van der Waals surface area contributed by atoms with Gasteiger partial charge in [-0.2, -0.15) is 0 Å². The fourth-order valence-electron chi connectivity index (χ4n) is 1.91. The van der Waals surface area contributed by atoms with Crippen LogP contribution in [0.5, 0.6) is 0 Å². The lowest BCUT2D eigenvalue weighted by Gasteiger charge is -2.24. The van der Waals surface area contributed by atoms with Gasteiger partial charge in [-0.15, -0.1) is 0 Å². The van der Waals surface area contributed by atoms with Crippen LogP contribution in [0.25, 0.3) is 0 Å². The number of aryl methyl sites for hydroxylation is 2. The second-order valence-electron chi connectivity index (χ2n) is 4.50. The number of hydrogen-bond acceptors (Lipinski definition) is 2. The van der Waals surface area contributed by atoms with E-state index < -0.39 is 0 Å². The molecule has 5 heteroatoms. The van der Waals surface area contributed by atoms with Gasteiger partial charge in [-0.05, 0) is 43.5 Å². The summed E-state index contributed by atoms with van der Waals surface area (Å²) in [4.78, 5) is 13.8. The number of aliphatic hydroxyl groups excluding tert-OH is 1. The molecule has 0 aliphatic rings. The Morgan fingerprint density at radius 2 is 1.95 bits per heavy atom. The van der Waals surface area contributed by atoms with Crippen LogP contribution in [0.2, 0.25) is 0 Å². The minimum absolute atomic E-state index is 0.0515. The maximum atomic E-state index is 12.1. The van der Waals surface area contributed by atoms with Crippen LogP contribution in [0, 0.1) is 13.8 Å². The van der Waals surface area contributed by atoms with Gasteiger partial charge in [-0.1, -0.05) is 22.9 Å². The third-order valence-corrected chi connectivity index (χ3v) is 4.06. The van der Waals surface area contributed by atoms with Crippen molar-refractivity contribution >= 4 is 27.6 Å². The van der Waals surface area contributed by atoms with Gasteiger partial charge >= 0.3 is 6.03 Å². The number of aliphatic hydroxyl groups is 1. The van der Waals surface area contributed by atoms with Gasteiger partial charge in [0.15, 0.2) is 0 Å². The Morgan fingerprint density at radius 1 is 1.37 bits per heavy atom. The van der Waals surface area contributed by atoms with Crippen molar-refractivity contribution in [2.45, 2.75) is 27.2 Å². The highest BCUT2D eigenvalue weighted by Crippen LogP contribution is 2.27. The number of halogens is 1. The fraction of sp³-hybridized carbons (Fsp3) is 0.500. The standard InChI is InChI=1S/C14H21BrN2O2/c1-4-6-17(14(19)16-5-7-18)12-8-10(2)13(15)11(3)9-12/h8-9,18H,4-7H2,1-3H3,(H,16,19). The van der Waals surface area contributed by atoms with E-state index in [9.17, 15) is 4.79 Å². The summed E-state index contributed by atoms with van der Waals surface area (Å²) in [7, 11) is 0. The van der Waals surface area contributed by atoms with Crippen molar-refractivity contribution in [3.8, 4) is 0 Å². The van der Waals surface area contributed by atoms with Crippen molar-refractivity contribution < 1.29 is 9.90 Å². The summed E-state index contributed by atoms with van der Waals surface area (Å²) >= 11 is 3.53. The molecule has 0 bridgehead atoms. The minimum Gasteiger partial charge on any atom is -0.395 e. The molecule has 2 N–H and O–H groups in total. The number of nitrogens with zero attached hydrogens (tertiary/aromatic N) is 1. The predicted octanol–water partition coefficient (Wildman–Crippen LogP) is 2.98. The molecule has 0 fully saturated rings. The first-order valence-corrected chi connectivity index (χ1v) is 7.23. The molecule has 0 radical (unpaired) electrons. The van der Waals surface area contributed by atoms with Crippen molar-refractivity contribution in [2.24, 2.45) is 0 Å². The summed E-state index contributed by atoms with van der Waals surface area (Å²) in [5.74, 6) is 0. The van der Waals surface area contributed by atoms with Crippen molar-refractivity contribution in [1.82, 2.24) is 5.32 Å². The zero-order chi connectivity index (χ0) is 14.4. The van der Waals surface area contributed by atoms with E-state index in [2.05, 4.69) is 21.2 Å². The molecule has 4 nitrogen and oxygen atoms in total. The van der Waals surface area contributed by atoms with Crippen molar-refractivity contribution in [1.29, 1.82) is 0 Å². The van der Waals surface area contributed by atoms with Gasteiger partial charge < -0.3 is 10.4 Å². The second-order valence-corrected chi connectivity index (χ2v) is 5.29. The summed E-state index contributed by atoms with van der Waals surface area (Å²) < 4.78 is 1.07. The Morgan fingerprint density at radius 3 is 2.42 bits per heavy atom. The molecule has 0 atom stereocenters. The summed E-state index contributed by atoms with van der Waals surface area (Å²) in [6.45, 7) is 6.92. The first-order chi connectivity index (χ1) is 9.01. The maximum absolute atomic E-state index is 12.1. The molecular weight excluding hydrogens is 308 g/mol. The molecule has 0 saturated heterocycles. The molecule has 0 aliphatic carbocycles. The van der Waals surface area contributed by atoms with Gasteiger partial charge in [0.2, 0.25) is 0 Å². The molecule has 0 spiro atoms. The Bertz CT molecular complexity index is 426. The molecule has 0 unspecified atom stereocenters. The van der Waals surface area contributed by atoms with Crippen LogP contribution >= 0.6 is 15.9 Å². The first-order valence-electron chi connectivity index (χ1n) is 6.44. The first kappa shape index (κ1) is 16.0. The second kappa shape index (κ2) is 7.50. The quantitative estimate of drug-likeness (QED) is 0.873. The highest BCUT2D eigenvalue weighted by atomic mass is 79.9. The van der Waals surface area contributed by atoms with Crippen molar-refractivity contribution in [3.63, 3.8) is 0 Å². The van der Waals surface area contributed by atoms with E-state index in [0.29, 0.717) is 6.54 Å². The topological polar surface area (TPSA) is 52.6 Å². The SMILES string of the molecule is CCCN(C(=O)NCCO)c1cc(C)c(Br)c(C)c1. The van der Waals surface area contributed by atoms with Gasteiger partial charge in [-0.3, -0.25) is 4.90 Å².